The number of carbonyl (C=O) groups is 1. The number of hydrogen-bond donors (Lipinski definition) is 2. The molecule has 2 N–H and O–H groups in total. The third kappa shape index (κ3) is 4.69. The Labute approximate surface area is 176 Å². The van der Waals surface area contributed by atoms with Crippen molar-refractivity contribution in [3.05, 3.63) is 80.4 Å². The van der Waals surface area contributed by atoms with Gasteiger partial charge in [-0.05, 0) is 30.7 Å². The van der Waals surface area contributed by atoms with Crippen molar-refractivity contribution in [2.45, 2.75) is 19.4 Å². The molecule has 10 nitrogen and oxygen atoms in total. The number of esters is 1. The van der Waals surface area contributed by atoms with Gasteiger partial charge in [0.2, 0.25) is 0 Å². The maximum Gasteiger partial charge on any atom is 0.328 e. The van der Waals surface area contributed by atoms with E-state index in [1.165, 1.54) is 24.3 Å². The lowest BCUT2D eigenvalue weighted by molar-refractivity contribution is -0.392. The second kappa shape index (κ2) is 9.08. The number of nitrogens with zero attached hydrogens (tertiary/aromatic N) is 2. The van der Waals surface area contributed by atoms with Crippen LogP contribution in [-0.2, 0) is 16.0 Å². The minimum Gasteiger partial charge on any atom is -0.508 e. The summed E-state index contributed by atoms with van der Waals surface area (Å²) in [5, 5.41) is 36.0. The van der Waals surface area contributed by atoms with Gasteiger partial charge in [-0.15, -0.1) is 0 Å². The molecule has 0 spiro atoms. The van der Waals surface area contributed by atoms with Gasteiger partial charge in [0, 0.05) is 11.8 Å². The zero-order valence-electron chi connectivity index (χ0n) is 16.5. The van der Waals surface area contributed by atoms with Gasteiger partial charge in [-0.1, -0.05) is 30.3 Å². The van der Waals surface area contributed by atoms with Crippen LogP contribution in [0.5, 0.6) is 5.75 Å². The number of phenols is 1. The lowest BCUT2D eigenvalue weighted by Gasteiger charge is -2.20. The molecule has 0 radical (unpaired) electrons. The molecule has 3 aromatic carbocycles. The number of rotatable bonds is 8. The van der Waals surface area contributed by atoms with Gasteiger partial charge >= 0.3 is 5.97 Å². The Bertz CT molecular complexity index is 1150. The Morgan fingerprint density at radius 3 is 2.23 bits per heavy atom. The fourth-order valence-electron chi connectivity index (χ4n) is 3.27. The van der Waals surface area contributed by atoms with Crippen LogP contribution in [0.4, 0.5) is 17.1 Å². The minimum absolute atomic E-state index is 0.0111. The zero-order chi connectivity index (χ0) is 22.5. The van der Waals surface area contributed by atoms with E-state index in [0.29, 0.717) is 5.56 Å². The number of fused-ring (bicyclic) bond motifs is 1. The minimum atomic E-state index is -1.01. The molecule has 0 amide bonds. The van der Waals surface area contributed by atoms with Gasteiger partial charge in [-0.3, -0.25) is 20.2 Å². The number of nitrogens with one attached hydrogen (secondary N) is 1. The highest BCUT2D eigenvalue weighted by molar-refractivity contribution is 6.04. The third-order valence-electron chi connectivity index (χ3n) is 4.66. The second-order valence-corrected chi connectivity index (χ2v) is 6.67. The van der Waals surface area contributed by atoms with Gasteiger partial charge in [0.1, 0.15) is 17.5 Å². The SMILES string of the molecule is CCOC(=O)C(Cc1ccc(O)cc1)Nc1c([N+](=O)[O-])cc([N+](=O)[O-])c2ccccc12. The van der Waals surface area contributed by atoms with Crippen molar-refractivity contribution in [2.24, 2.45) is 0 Å². The molecule has 10 heteroatoms. The first-order chi connectivity index (χ1) is 14.8. The standard InChI is InChI=1S/C21H19N3O7/c1-2-31-21(26)17(11-13-7-9-14(25)10-8-13)22-20-16-6-4-3-5-15(16)18(23(27)28)12-19(20)24(29)30/h3-10,12,17,22,25H,2,11H2,1H3. The molecule has 0 aromatic heterocycles. The molecule has 0 aliphatic heterocycles. The van der Waals surface area contributed by atoms with E-state index in [4.69, 9.17) is 4.74 Å². The summed E-state index contributed by atoms with van der Waals surface area (Å²) in [6, 6.07) is 12.2. The maximum absolute atomic E-state index is 12.6. The first-order valence-electron chi connectivity index (χ1n) is 9.37. The lowest BCUT2D eigenvalue weighted by Crippen LogP contribution is -2.34. The fraction of sp³-hybridized carbons (Fsp3) is 0.190. The summed E-state index contributed by atoms with van der Waals surface area (Å²) in [5.74, 6) is -0.575. The van der Waals surface area contributed by atoms with E-state index >= 15 is 0 Å². The summed E-state index contributed by atoms with van der Waals surface area (Å²) in [7, 11) is 0. The van der Waals surface area contributed by atoms with Gasteiger partial charge in [-0.2, -0.15) is 0 Å². The van der Waals surface area contributed by atoms with Gasteiger partial charge in [-0.25, -0.2) is 4.79 Å². The number of phenolic OH excluding ortho intramolecular Hbond substituents is 1. The molecule has 1 atom stereocenters. The van der Waals surface area contributed by atoms with Crippen LogP contribution in [-0.4, -0.2) is 33.6 Å². The zero-order valence-corrected chi connectivity index (χ0v) is 16.5. The summed E-state index contributed by atoms with van der Waals surface area (Å²) >= 11 is 0. The molecular weight excluding hydrogens is 406 g/mol. The van der Waals surface area contributed by atoms with E-state index in [1.54, 1.807) is 31.2 Å². The number of carbonyl (C=O) groups excluding carboxylic acids is 1. The monoisotopic (exact) mass is 425 g/mol. The highest BCUT2D eigenvalue weighted by Gasteiger charge is 2.29. The van der Waals surface area contributed by atoms with E-state index in [0.717, 1.165) is 6.07 Å². The summed E-state index contributed by atoms with van der Waals surface area (Å²) < 4.78 is 5.12. The van der Waals surface area contributed by atoms with Gasteiger partial charge in [0.05, 0.1) is 27.9 Å². The molecule has 1 unspecified atom stereocenters. The molecule has 0 heterocycles. The van der Waals surface area contributed by atoms with Crippen molar-refractivity contribution in [3.8, 4) is 5.75 Å². The normalized spacial score (nSPS) is 11.6. The van der Waals surface area contributed by atoms with Crippen LogP contribution in [0.15, 0.2) is 54.6 Å². The predicted octanol–water partition coefficient (Wildman–Crippen LogP) is 3.95. The summed E-state index contributed by atoms with van der Waals surface area (Å²) in [6.07, 6.45) is 0.113. The molecule has 0 fully saturated rings. The van der Waals surface area contributed by atoms with Crippen molar-refractivity contribution < 1.29 is 24.5 Å². The number of aromatic hydroxyl groups is 1. The Morgan fingerprint density at radius 1 is 1.03 bits per heavy atom. The smallest absolute Gasteiger partial charge is 0.328 e. The van der Waals surface area contributed by atoms with E-state index in [-0.39, 0.29) is 35.2 Å². The van der Waals surface area contributed by atoms with Crippen molar-refractivity contribution >= 4 is 33.8 Å². The van der Waals surface area contributed by atoms with Crippen LogP contribution in [0.25, 0.3) is 10.8 Å². The fourth-order valence-corrected chi connectivity index (χ4v) is 3.27. The molecule has 3 aromatic rings. The molecule has 0 aliphatic carbocycles. The van der Waals surface area contributed by atoms with Gasteiger partial charge in [0.25, 0.3) is 11.4 Å². The number of benzene rings is 3. The van der Waals surface area contributed by atoms with E-state index in [9.17, 15) is 30.1 Å². The molecule has 3 rings (SSSR count). The van der Waals surface area contributed by atoms with Gasteiger partial charge in [0.15, 0.2) is 0 Å². The van der Waals surface area contributed by atoms with E-state index in [2.05, 4.69) is 5.32 Å². The average molecular weight is 425 g/mol. The van der Waals surface area contributed by atoms with Crippen LogP contribution >= 0.6 is 0 Å². The number of non-ortho nitro benzene ring substituents is 1. The first-order valence-corrected chi connectivity index (χ1v) is 9.37. The van der Waals surface area contributed by atoms with Crippen molar-refractivity contribution in [1.29, 1.82) is 0 Å². The number of nitro groups is 2. The molecule has 0 saturated heterocycles. The number of nitro benzene ring substituents is 2. The Kier molecular flexibility index (Phi) is 6.29. The highest BCUT2D eigenvalue weighted by atomic mass is 16.6. The average Bonchev–Trinajstić information content (AvgIpc) is 2.74. The number of ether oxygens (including phenoxy) is 1. The molecule has 0 saturated carbocycles. The molecule has 0 aliphatic rings. The Hall–Kier alpha value is -4.21. The maximum atomic E-state index is 12.6. The van der Waals surface area contributed by atoms with Crippen LogP contribution < -0.4 is 5.32 Å². The Morgan fingerprint density at radius 2 is 1.65 bits per heavy atom. The van der Waals surface area contributed by atoms with Crippen LogP contribution in [0.2, 0.25) is 0 Å². The van der Waals surface area contributed by atoms with Crippen molar-refractivity contribution in [1.82, 2.24) is 0 Å². The predicted molar refractivity (Wildman–Crippen MR) is 113 cm³/mol. The first kappa shape index (κ1) is 21.5. The number of anilines is 1. The van der Waals surface area contributed by atoms with Gasteiger partial charge < -0.3 is 15.2 Å². The second-order valence-electron chi connectivity index (χ2n) is 6.67. The quantitative estimate of drug-likeness (QED) is 0.313. The summed E-state index contributed by atoms with van der Waals surface area (Å²) in [6.45, 7) is 1.74. The van der Waals surface area contributed by atoms with Crippen LogP contribution in [0, 0.1) is 20.2 Å². The third-order valence-corrected chi connectivity index (χ3v) is 4.66. The largest absolute Gasteiger partial charge is 0.508 e. The van der Waals surface area contributed by atoms with Crippen molar-refractivity contribution in [3.63, 3.8) is 0 Å². The number of hydrogen-bond acceptors (Lipinski definition) is 8. The van der Waals surface area contributed by atoms with E-state index in [1.807, 2.05) is 0 Å². The Balaban J connectivity index is 2.12. The summed E-state index contributed by atoms with van der Waals surface area (Å²) in [4.78, 5) is 34.4. The lowest BCUT2D eigenvalue weighted by atomic mass is 10.0. The highest BCUT2D eigenvalue weighted by Crippen LogP contribution is 2.39. The summed E-state index contributed by atoms with van der Waals surface area (Å²) in [5.41, 5.74) is -0.260. The molecular formula is C21H19N3O7. The van der Waals surface area contributed by atoms with Crippen LogP contribution in [0.1, 0.15) is 12.5 Å². The molecule has 160 valence electrons. The molecule has 0 bridgehead atoms. The van der Waals surface area contributed by atoms with Crippen LogP contribution in [0.3, 0.4) is 0 Å². The van der Waals surface area contributed by atoms with Crippen molar-refractivity contribution in [2.75, 3.05) is 11.9 Å². The van der Waals surface area contributed by atoms with E-state index < -0.39 is 33.2 Å². The molecule has 31 heavy (non-hydrogen) atoms. The topological polar surface area (TPSA) is 145 Å².